The van der Waals surface area contributed by atoms with Crippen molar-refractivity contribution < 1.29 is 9.90 Å². The van der Waals surface area contributed by atoms with Crippen LogP contribution in [0.2, 0.25) is 5.02 Å². The molecule has 0 saturated carbocycles. The molecule has 0 aliphatic heterocycles. The van der Waals surface area contributed by atoms with Crippen molar-refractivity contribution in [3.8, 4) is 11.4 Å². The van der Waals surface area contributed by atoms with Crippen LogP contribution in [0.1, 0.15) is 25.8 Å². The van der Waals surface area contributed by atoms with Gasteiger partial charge in [0.05, 0.1) is 17.0 Å². The number of carboxylic acids is 1. The van der Waals surface area contributed by atoms with E-state index < -0.39 is 11.4 Å². The first-order valence-electron chi connectivity index (χ1n) is 6.64. The molecule has 1 atom stereocenters. The Morgan fingerprint density at radius 3 is 2.81 bits per heavy atom. The van der Waals surface area contributed by atoms with Crippen molar-refractivity contribution in [2.45, 2.75) is 33.7 Å². The van der Waals surface area contributed by atoms with Crippen molar-refractivity contribution in [1.82, 2.24) is 20.2 Å². The van der Waals surface area contributed by atoms with Crippen LogP contribution in [0.25, 0.3) is 11.4 Å². The molecular weight excluding hydrogens is 292 g/mol. The fourth-order valence-electron chi connectivity index (χ4n) is 1.99. The molecule has 1 aromatic heterocycles. The Kier molecular flexibility index (Phi) is 4.27. The highest BCUT2D eigenvalue weighted by Crippen LogP contribution is 2.31. The van der Waals surface area contributed by atoms with Gasteiger partial charge in [0.1, 0.15) is 0 Å². The molecule has 6 nitrogen and oxygen atoms in total. The molecule has 112 valence electrons. The molecule has 1 unspecified atom stereocenters. The lowest BCUT2D eigenvalue weighted by Crippen LogP contribution is -2.32. The van der Waals surface area contributed by atoms with Gasteiger partial charge in [0.25, 0.3) is 0 Å². The molecule has 2 aromatic rings. The molecule has 0 radical (unpaired) electrons. The molecule has 1 N–H and O–H groups in total. The summed E-state index contributed by atoms with van der Waals surface area (Å²) >= 11 is 6.30. The second-order valence-corrected chi connectivity index (χ2v) is 5.69. The van der Waals surface area contributed by atoms with Gasteiger partial charge in [-0.3, -0.25) is 4.79 Å². The van der Waals surface area contributed by atoms with Gasteiger partial charge in [-0.25, -0.2) is 4.68 Å². The number of hydrogen-bond donors (Lipinski definition) is 1. The highest BCUT2D eigenvalue weighted by Gasteiger charge is 2.33. The van der Waals surface area contributed by atoms with Gasteiger partial charge >= 0.3 is 5.97 Å². The van der Waals surface area contributed by atoms with E-state index in [0.29, 0.717) is 22.8 Å². The number of aliphatic carboxylic acids is 1. The van der Waals surface area contributed by atoms with E-state index in [0.717, 1.165) is 5.56 Å². The van der Waals surface area contributed by atoms with Gasteiger partial charge in [0, 0.05) is 5.56 Å². The minimum atomic E-state index is -0.930. The Balaban J connectivity index is 2.44. The Labute approximate surface area is 127 Å². The zero-order valence-corrected chi connectivity index (χ0v) is 12.9. The van der Waals surface area contributed by atoms with Crippen molar-refractivity contribution in [1.29, 1.82) is 0 Å². The van der Waals surface area contributed by atoms with Gasteiger partial charge in [-0.05, 0) is 42.3 Å². The summed E-state index contributed by atoms with van der Waals surface area (Å²) in [6.07, 6.45) is 0.475. The first-order valence-corrected chi connectivity index (χ1v) is 7.02. The minimum Gasteiger partial charge on any atom is -0.481 e. The second kappa shape index (κ2) is 5.81. The van der Waals surface area contributed by atoms with E-state index in [-0.39, 0.29) is 6.54 Å². The van der Waals surface area contributed by atoms with Crippen LogP contribution in [0.4, 0.5) is 0 Å². The number of tetrazole rings is 1. The van der Waals surface area contributed by atoms with Crippen LogP contribution >= 0.6 is 11.6 Å². The number of rotatable bonds is 5. The van der Waals surface area contributed by atoms with Gasteiger partial charge in [-0.2, -0.15) is 0 Å². The maximum atomic E-state index is 11.4. The second-order valence-electron chi connectivity index (χ2n) is 5.32. The molecule has 2 rings (SSSR count). The molecular formula is C14H17ClN4O2. The molecule has 0 bridgehead atoms. The molecule has 7 heteroatoms. The highest BCUT2D eigenvalue weighted by atomic mass is 35.5. The third-order valence-corrected chi connectivity index (χ3v) is 4.26. The van der Waals surface area contributed by atoms with Gasteiger partial charge in [-0.1, -0.05) is 30.7 Å². The van der Waals surface area contributed by atoms with Crippen molar-refractivity contribution in [2.24, 2.45) is 5.41 Å². The van der Waals surface area contributed by atoms with E-state index in [1.54, 1.807) is 6.92 Å². The van der Waals surface area contributed by atoms with Gasteiger partial charge in [-0.15, -0.1) is 5.10 Å². The van der Waals surface area contributed by atoms with Crippen LogP contribution in [0.15, 0.2) is 18.2 Å². The van der Waals surface area contributed by atoms with Gasteiger partial charge in [0.2, 0.25) is 0 Å². The Bertz CT molecular complexity index is 671. The van der Waals surface area contributed by atoms with E-state index in [2.05, 4.69) is 15.5 Å². The monoisotopic (exact) mass is 308 g/mol. The maximum Gasteiger partial charge on any atom is 0.311 e. The van der Waals surface area contributed by atoms with Crippen LogP contribution in [-0.4, -0.2) is 31.3 Å². The average Bonchev–Trinajstić information content (AvgIpc) is 2.89. The first-order chi connectivity index (χ1) is 9.89. The lowest BCUT2D eigenvalue weighted by Gasteiger charge is -2.23. The van der Waals surface area contributed by atoms with Crippen LogP contribution in [0.5, 0.6) is 0 Å². The van der Waals surface area contributed by atoms with E-state index in [9.17, 15) is 9.90 Å². The third kappa shape index (κ3) is 2.90. The lowest BCUT2D eigenvalue weighted by molar-refractivity contribution is -0.149. The summed E-state index contributed by atoms with van der Waals surface area (Å²) in [5.74, 6) is -0.397. The number of aryl methyl sites for hydroxylation is 1. The predicted molar refractivity (Wildman–Crippen MR) is 79.0 cm³/mol. The van der Waals surface area contributed by atoms with Crippen molar-refractivity contribution in [3.05, 3.63) is 28.8 Å². The zero-order chi connectivity index (χ0) is 15.6. The number of aromatic nitrogens is 4. The van der Waals surface area contributed by atoms with Crippen LogP contribution in [0.3, 0.4) is 0 Å². The van der Waals surface area contributed by atoms with Crippen LogP contribution < -0.4 is 0 Å². The third-order valence-electron chi connectivity index (χ3n) is 3.76. The maximum absolute atomic E-state index is 11.4. The highest BCUT2D eigenvalue weighted by molar-refractivity contribution is 6.33. The number of carboxylic acid groups (broad SMARTS) is 1. The summed E-state index contributed by atoms with van der Waals surface area (Å²) < 4.78 is 1.50. The van der Waals surface area contributed by atoms with Gasteiger partial charge < -0.3 is 5.11 Å². The number of nitrogens with zero attached hydrogens (tertiary/aromatic N) is 4. The molecule has 0 saturated heterocycles. The first kappa shape index (κ1) is 15.4. The topological polar surface area (TPSA) is 80.9 Å². The fraction of sp³-hybridized carbons (Fsp3) is 0.429. The minimum absolute atomic E-state index is 0.186. The number of halogens is 1. The normalized spacial score (nSPS) is 13.9. The van der Waals surface area contributed by atoms with Crippen molar-refractivity contribution in [3.63, 3.8) is 0 Å². The largest absolute Gasteiger partial charge is 0.481 e. The molecule has 0 spiro atoms. The van der Waals surface area contributed by atoms with Crippen molar-refractivity contribution in [2.75, 3.05) is 0 Å². The molecule has 1 aromatic carbocycles. The molecule has 0 fully saturated rings. The molecule has 21 heavy (non-hydrogen) atoms. The smallest absolute Gasteiger partial charge is 0.311 e. The molecule has 1 heterocycles. The van der Waals surface area contributed by atoms with E-state index in [4.69, 9.17) is 11.6 Å². The quantitative estimate of drug-likeness (QED) is 0.918. The average molecular weight is 309 g/mol. The van der Waals surface area contributed by atoms with Crippen LogP contribution in [0, 0.1) is 12.3 Å². The molecule has 0 aliphatic carbocycles. The summed E-state index contributed by atoms with van der Waals surface area (Å²) in [4.78, 5) is 11.4. The predicted octanol–water partition coefficient (Wildman–Crippen LogP) is 2.80. The van der Waals surface area contributed by atoms with Gasteiger partial charge in [0.15, 0.2) is 5.82 Å². The summed E-state index contributed by atoms with van der Waals surface area (Å²) in [5.41, 5.74) is 0.686. The number of carbonyl (C=O) groups is 1. The Morgan fingerprint density at radius 1 is 1.48 bits per heavy atom. The van der Waals surface area contributed by atoms with E-state index in [1.807, 2.05) is 32.0 Å². The summed E-state index contributed by atoms with van der Waals surface area (Å²) in [5, 5.41) is 21.5. The van der Waals surface area contributed by atoms with Crippen molar-refractivity contribution >= 4 is 17.6 Å². The molecule has 0 amide bonds. The zero-order valence-electron chi connectivity index (χ0n) is 12.2. The number of benzene rings is 1. The van der Waals surface area contributed by atoms with E-state index >= 15 is 0 Å². The van der Waals surface area contributed by atoms with E-state index in [1.165, 1.54) is 4.68 Å². The number of hydrogen-bond acceptors (Lipinski definition) is 4. The lowest BCUT2D eigenvalue weighted by atomic mass is 9.88. The standard InChI is InChI=1S/C14H17ClN4O2/c1-4-14(3,13(20)21)8-19-12(16-17-18-19)10-7-5-6-9(2)11(10)15/h5-7H,4,8H2,1-3H3,(H,20,21). The summed E-state index contributed by atoms with van der Waals surface area (Å²) in [6, 6.07) is 5.58. The Morgan fingerprint density at radius 2 is 2.19 bits per heavy atom. The summed E-state index contributed by atoms with van der Waals surface area (Å²) in [6.45, 7) is 5.59. The Hall–Kier alpha value is -1.95. The fourth-order valence-corrected chi connectivity index (χ4v) is 2.20. The van der Waals surface area contributed by atoms with Crippen LogP contribution in [-0.2, 0) is 11.3 Å². The SMILES string of the molecule is CCC(C)(Cn1nnnc1-c1cccc(C)c1Cl)C(=O)O. The summed E-state index contributed by atoms with van der Waals surface area (Å²) in [7, 11) is 0. The molecule has 0 aliphatic rings.